The number of anilines is 1. The number of rotatable bonds is 2. The number of halogens is 4. The van der Waals surface area contributed by atoms with Crippen molar-refractivity contribution >= 4 is 77.6 Å². The van der Waals surface area contributed by atoms with E-state index in [-0.39, 0.29) is 5.91 Å². The van der Waals surface area contributed by atoms with E-state index >= 15 is 0 Å². The van der Waals surface area contributed by atoms with Crippen molar-refractivity contribution in [1.82, 2.24) is 0 Å². The highest BCUT2D eigenvalue weighted by molar-refractivity contribution is 14.1. The molecule has 98 valence electrons. The first-order valence-electron chi connectivity index (χ1n) is 5.19. The Morgan fingerprint density at radius 2 is 1.89 bits per heavy atom. The molecule has 2 nitrogen and oxygen atoms in total. The van der Waals surface area contributed by atoms with Crippen LogP contribution in [0.1, 0.15) is 10.4 Å². The van der Waals surface area contributed by atoms with Gasteiger partial charge in [0.15, 0.2) is 0 Å². The Morgan fingerprint density at radius 1 is 1.16 bits per heavy atom. The summed E-state index contributed by atoms with van der Waals surface area (Å²) in [5.74, 6) is -0.163. The molecule has 0 radical (unpaired) electrons. The second-order valence-corrected chi connectivity index (χ2v) is 7.05. The molecule has 1 amide bonds. The minimum atomic E-state index is -0.163. The quantitative estimate of drug-likeness (QED) is 0.510. The van der Waals surface area contributed by atoms with Gasteiger partial charge in [-0.3, -0.25) is 4.79 Å². The normalized spacial score (nSPS) is 10.3. The van der Waals surface area contributed by atoms with E-state index in [9.17, 15) is 4.79 Å². The van der Waals surface area contributed by atoms with Gasteiger partial charge in [0.1, 0.15) is 0 Å². The van der Waals surface area contributed by atoms with Gasteiger partial charge in [-0.15, -0.1) is 0 Å². The lowest BCUT2D eigenvalue weighted by atomic mass is 10.2. The van der Waals surface area contributed by atoms with E-state index in [1.54, 1.807) is 24.3 Å². The summed E-state index contributed by atoms with van der Waals surface area (Å²) in [5.41, 5.74) is 1.28. The van der Waals surface area contributed by atoms with Gasteiger partial charge in [-0.25, -0.2) is 0 Å². The molecule has 0 fully saturated rings. The van der Waals surface area contributed by atoms with Crippen LogP contribution in [0.3, 0.4) is 0 Å². The average Bonchev–Trinajstić information content (AvgIpc) is 2.36. The topological polar surface area (TPSA) is 29.1 Å². The van der Waals surface area contributed by atoms with E-state index in [2.05, 4.69) is 59.8 Å². The molecule has 19 heavy (non-hydrogen) atoms. The molecule has 2 rings (SSSR count). The molecule has 0 aliphatic heterocycles. The second-order valence-electron chi connectivity index (χ2n) is 3.71. The van der Waals surface area contributed by atoms with Crippen LogP contribution in [-0.2, 0) is 0 Å². The number of carbonyl (C=O) groups is 1. The summed E-state index contributed by atoms with van der Waals surface area (Å²) in [7, 11) is 0. The fourth-order valence-corrected chi connectivity index (χ4v) is 2.81. The van der Waals surface area contributed by atoms with E-state index in [4.69, 9.17) is 11.6 Å². The predicted octanol–water partition coefficient (Wildman–Crippen LogP) is 5.72. The van der Waals surface area contributed by atoms with Crippen LogP contribution in [-0.4, -0.2) is 5.91 Å². The zero-order valence-corrected chi connectivity index (χ0v) is 15.5. The molecule has 1 N–H and O–H groups in total. The van der Waals surface area contributed by atoms with Crippen LogP contribution in [0.25, 0.3) is 0 Å². The highest BCUT2D eigenvalue weighted by Crippen LogP contribution is 2.26. The largest absolute Gasteiger partial charge is 0.322 e. The Labute approximate surface area is 146 Å². The van der Waals surface area contributed by atoms with Gasteiger partial charge in [-0.2, -0.15) is 0 Å². The Balaban J connectivity index is 2.25. The predicted molar refractivity (Wildman–Crippen MR) is 94.0 cm³/mol. The smallest absolute Gasteiger partial charge is 0.256 e. The molecule has 0 saturated heterocycles. The van der Waals surface area contributed by atoms with Gasteiger partial charge in [-0.05, 0) is 74.9 Å². The van der Waals surface area contributed by atoms with Crippen molar-refractivity contribution in [1.29, 1.82) is 0 Å². The zero-order valence-electron chi connectivity index (χ0n) is 9.38. The number of nitrogens with one attached hydrogen (secondary N) is 1. The highest BCUT2D eigenvalue weighted by atomic mass is 127. The van der Waals surface area contributed by atoms with Crippen LogP contribution in [0.4, 0.5) is 5.69 Å². The van der Waals surface area contributed by atoms with Gasteiger partial charge in [0.2, 0.25) is 0 Å². The standard InChI is InChI=1S/C13H7Br2ClINO/c14-7-1-4-12(17)9(5-7)13(19)18-8-2-3-10(15)11(16)6-8/h1-6H,(H,18,19). The fraction of sp³-hybridized carbons (Fsp3) is 0. The van der Waals surface area contributed by atoms with Crippen LogP contribution in [0.2, 0.25) is 5.02 Å². The number of benzene rings is 2. The van der Waals surface area contributed by atoms with Crippen molar-refractivity contribution in [2.75, 3.05) is 5.32 Å². The molecule has 2 aromatic carbocycles. The summed E-state index contributed by atoms with van der Waals surface area (Å²) in [5, 5.41) is 3.38. The van der Waals surface area contributed by atoms with E-state index in [1.165, 1.54) is 0 Å². The maximum Gasteiger partial charge on any atom is 0.256 e. The fourth-order valence-electron chi connectivity index (χ4n) is 1.44. The Hall–Kier alpha value is -0.110. The van der Waals surface area contributed by atoms with Crippen molar-refractivity contribution in [3.63, 3.8) is 0 Å². The van der Waals surface area contributed by atoms with Gasteiger partial charge in [0.05, 0.1) is 10.6 Å². The third kappa shape index (κ3) is 3.93. The second kappa shape index (κ2) is 6.56. The van der Waals surface area contributed by atoms with Crippen molar-refractivity contribution < 1.29 is 4.79 Å². The summed E-state index contributed by atoms with van der Waals surface area (Å²) >= 11 is 14.8. The lowest BCUT2D eigenvalue weighted by molar-refractivity contribution is 0.102. The summed E-state index contributed by atoms with van der Waals surface area (Å²) < 4.78 is 2.55. The summed E-state index contributed by atoms with van der Waals surface area (Å²) in [6.07, 6.45) is 0. The average molecular weight is 515 g/mol. The molecule has 0 aliphatic carbocycles. The maximum atomic E-state index is 12.2. The molecule has 0 bridgehead atoms. The van der Waals surface area contributed by atoms with E-state index in [0.29, 0.717) is 16.3 Å². The van der Waals surface area contributed by atoms with Crippen LogP contribution in [0.15, 0.2) is 45.3 Å². The first-order chi connectivity index (χ1) is 8.97. The van der Waals surface area contributed by atoms with Crippen molar-refractivity contribution in [3.8, 4) is 0 Å². The van der Waals surface area contributed by atoms with Crippen LogP contribution < -0.4 is 5.32 Å². The van der Waals surface area contributed by atoms with Crippen molar-refractivity contribution in [3.05, 3.63) is 59.5 Å². The minimum Gasteiger partial charge on any atom is -0.322 e. The molecular formula is C13H7Br2ClINO. The molecule has 0 aromatic heterocycles. The number of carbonyl (C=O) groups excluding carboxylic acids is 1. The first kappa shape index (κ1) is 15.3. The molecular weight excluding hydrogens is 508 g/mol. The molecule has 6 heteroatoms. The lowest BCUT2D eigenvalue weighted by Gasteiger charge is -2.08. The van der Waals surface area contributed by atoms with E-state index < -0.39 is 0 Å². The maximum absolute atomic E-state index is 12.2. The van der Waals surface area contributed by atoms with Gasteiger partial charge >= 0.3 is 0 Å². The SMILES string of the molecule is O=C(Nc1ccc(Br)c(Cl)c1)c1cc(Br)ccc1I. The lowest BCUT2D eigenvalue weighted by Crippen LogP contribution is -2.13. The minimum absolute atomic E-state index is 0.163. The molecule has 0 aliphatic rings. The molecule has 0 spiro atoms. The van der Waals surface area contributed by atoms with E-state index in [0.717, 1.165) is 12.5 Å². The van der Waals surface area contributed by atoms with Gasteiger partial charge in [-0.1, -0.05) is 27.5 Å². The van der Waals surface area contributed by atoms with Crippen LogP contribution >= 0.6 is 66.1 Å². The third-order valence-electron chi connectivity index (χ3n) is 2.35. The molecule has 0 unspecified atom stereocenters. The van der Waals surface area contributed by atoms with Crippen LogP contribution in [0.5, 0.6) is 0 Å². The number of hydrogen-bond donors (Lipinski definition) is 1. The number of amides is 1. The summed E-state index contributed by atoms with van der Waals surface area (Å²) in [6, 6.07) is 10.9. The van der Waals surface area contributed by atoms with Gasteiger partial charge < -0.3 is 5.32 Å². The Bertz CT molecular complexity index is 649. The third-order valence-corrected chi connectivity index (χ3v) is 5.02. The monoisotopic (exact) mass is 513 g/mol. The molecule has 2 aromatic rings. The van der Waals surface area contributed by atoms with E-state index in [1.807, 2.05) is 12.1 Å². The Kier molecular flexibility index (Phi) is 5.28. The molecule has 0 saturated carbocycles. The summed E-state index contributed by atoms with van der Waals surface area (Å²) in [4.78, 5) is 12.2. The van der Waals surface area contributed by atoms with Crippen molar-refractivity contribution in [2.45, 2.75) is 0 Å². The Morgan fingerprint density at radius 3 is 2.58 bits per heavy atom. The first-order valence-corrected chi connectivity index (χ1v) is 8.23. The van der Waals surface area contributed by atoms with Gasteiger partial charge in [0, 0.05) is 18.2 Å². The summed E-state index contributed by atoms with van der Waals surface area (Å²) in [6.45, 7) is 0. The van der Waals surface area contributed by atoms with Crippen LogP contribution in [0, 0.1) is 3.57 Å². The number of hydrogen-bond acceptors (Lipinski definition) is 1. The van der Waals surface area contributed by atoms with Crippen molar-refractivity contribution in [2.24, 2.45) is 0 Å². The molecule has 0 heterocycles. The molecule has 0 atom stereocenters. The van der Waals surface area contributed by atoms with Gasteiger partial charge in [0.25, 0.3) is 5.91 Å². The highest BCUT2D eigenvalue weighted by Gasteiger charge is 2.11. The zero-order chi connectivity index (χ0) is 14.0.